The molecule has 144 valence electrons. The number of aromatic nitrogens is 1. The lowest BCUT2D eigenvalue weighted by atomic mass is 10.1. The normalized spacial score (nSPS) is 10.4. The first-order chi connectivity index (χ1) is 13.6. The molecule has 2 aromatic carbocycles. The lowest BCUT2D eigenvalue weighted by Crippen LogP contribution is -2.14. The minimum absolute atomic E-state index is 0.231. The molecule has 0 aliphatic carbocycles. The zero-order chi connectivity index (χ0) is 19.9. The number of anilines is 2. The summed E-state index contributed by atoms with van der Waals surface area (Å²) in [5.41, 5.74) is 2.14. The number of hydrogen-bond acceptors (Lipinski definition) is 4. The highest BCUT2D eigenvalue weighted by Crippen LogP contribution is 2.28. The Balaban J connectivity index is 1.65. The molecule has 7 heteroatoms. The summed E-state index contributed by atoms with van der Waals surface area (Å²) in [7, 11) is 1.51. The molecule has 0 radical (unpaired) electrons. The molecule has 0 aliphatic rings. The van der Waals surface area contributed by atoms with Crippen LogP contribution in [0, 0.1) is 5.82 Å². The Hall–Kier alpha value is -3.12. The van der Waals surface area contributed by atoms with Gasteiger partial charge in [-0.1, -0.05) is 29.8 Å². The van der Waals surface area contributed by atoms with Crippen LogP contribution in [0.25, 0.3) is 0 Å². The van der Waals surface area contributed by atoms with Gasteiger partial charge in [-0.05, 0) is 42.3 Å². The van der Waals surface area contributed by atoms with Crippen LogP contribution in [-0.4, -0.2) is 24.5 Å². The molecular weight excluding hydrogens is 381 g/mol. The van der Waals surface area contributed by atoms with Gasteiger partial charge in [-0.25, -0.2) is 4.39 Å². The van der Waals surface area contributed by atoms with Gasteiger partial charge in [-0.2, -0.15) is 0 Å². The third-order valence-corrected chi connectivity index (χ3v) is 4.33. The van der Waals surface area contributed by atoms with E-state index in [4.69, 9.17) is 16.3 Å². The maximum atomic E-state index is 13.7. The molecule has 1 amide bonds. The van der Waals surface area contributed by atoms with E-state index in [9.17, 15) is 9.18 Å². The van der Waals surface area contributed by atoms with E-state index in [1.165, 1.54) is 19.4 Å². The molecule has 2 N–H and O–H groups in total. The van der Waals surface area contributed by atoms with Crippen molar-refractivity contribution in [2.75, 3.05) is 24.3 Å². The van der Waals surface area contributed by atoms with E-state index in [2.05, 4.69) is 15.6 Å². The molecule has 1 heterocycles. The van der Waals surface area contributed by atoms with Crippen LogP contribution in [-0.2, 0) is 6.42 Å². The SMILES string of the molecule is COc1ccc(Cl)cc1NC(=O)c1cncc(NCCc2ccccc2F)c1. The highest BCUT2D eigenvalue weighted by atomic mass is 35.5. The minimum atomic E-state index is -0.342. The number of halogens is 2. The minimum Gasteiger partial charge on any atom is -0.495 e. The number of methoxy groups -OCH3 is 1. The van der Waals surface area contributed by atoms with Gasteiger partial charge in [0.15, 0.2) is 0 Å². The van der Waals surface area contributed by atoms with Crippen molar-refractivity contribution in [3.8, 4) is 5.75 Å². The number of rotatable bonds is 7. The third kappa shape index (κ3) is 4.98. The number of nitrogens with zero attached hydrogens (tertiary/aromatic N) is 1. The van der Waals surface area contributed by atoms with Crippen molar-refractivity contribution < 1.29 is 13.9 Å². The monoisotopic (exact) mass is 399 g/mol. The van der Waals surface area contributed by atoms with Crippen molar-refractivity contribution in [1.29, 1.82) is 0 Å². The van der Waals surface area contributed by atoms with Gasteiger partial charge in [-0.15, -0.1) is 0 Å². The number of benzene rings is 2. The Morgan fingerprint density at radius 1 is 1.18 bits per heavy atom. The van der Waals surface area contributed by atoms with E-state index >= 15 is 0 Å². The fourth-order valence-corrected chi connectivity index (χ4v) is 2.85. The summed E-state index contributed by atoms with van der Waals surface area (Å²) in [6.07, 6.45) is 3.59. The number of ether oxygens (including phenoxy) is 1. The van der Waals surface area contributed by atoms with E-state index < -0.39 is 0 Å². The van der Waals surface area contributed by atoms with Crippen LogP contribution in [0.2, 0.25) is 5.02 Å². The molecular formula is C21H19ClFN3O2. The highest BCUT2D eigenvalue weighted by molar-refractivity contribution is 6.31. The van der Waals surface area contributed by atoms with E-state index in [1.54, 1.807) is 48.7 Å². The molecule has 0 aliphatic heterocycles. The fourth-order valence-electron chi connectivity index (χ4n) is 2.68. The Morgan fingerprint density at radius 3 is 2.79 bits per heavy atom. The van der Waals surface area contributed by atoms with E-state index in [0.717, 1.165) is 0 Å². The van der Waals surface area contributed by atoms with Crippen molar-refractivity contribution in [2.45, 2.75) is 6.42 Å². The number of carbonyl (C=O) groups excluding carboxylic acids is 1. The molecule has 0 saturated carbocycles. The Labute approximate surface area is 167 Å². The van der Waals surface area contributed by atoms with Gasteiger partial charge >= 0.3 is 0 Å². The summed E-state index contributed by atoms with van der Waals surface area (Å²) in [5, 5.41) is 6.41. The molecule has 0 atom stereocenters. The maximum absolute atomic E-state index is 13.7. The van der Waals surface area contributed by atoms with Crippen molar-refractivity contribution in [1.82, 2.24) is 4.98 Å². The molecule has 1 aromatic heterocycles. The molecule has 5 nitrogen and oxygen atoms in total. The van der Waals surface area contributed by atoms with Crippen molar-refractivity contribution in [3.05, 3.63) is 82.9 Å². The number of nitrogens with one attached hydrogen (secondary N) is 2. The zero-order valence-corrected chi connectivity index (χ0v) is 16.0. The Bertz CT molecular complexity index is 981. The first kappa shape index (κ1) is 19.6. The van der Waals surface area contributed by atoms with Crippen LogP contribution >= 0.6 is 11.6 Å². The molecule has 0 bridgehead atoms. The van der Waals surface area contributed by atoms with Crippen LogP contribution in [0.15, 0.2) is 60.9 Å². The zero-order valence-electron chi connectivity index (χ0n) is 15.2. The lowest BCUT2D eigenvalue weighted by molar-refractivity contribution is 0.102. The summed E-state index contributed by atoms with van der Waals surface area (Å²) in [5.74, 6) is -0.0679. The van der Waals surface area contributed by atoms with Gasteiger partial charge in [0.05, 0.1) is 24.0 Å². The van der Waals surface area contributed by atoms with E-state index in [1.807, 2.05) is 0 Å². The first-order valence-electron chi connectivity index (χ1n) is 8.64. The first-order valence-corrected chi connectivity index (χ1v) is 9.02. The van der Waals surface area contributed by atoms with Crippen LogP contribution in [0.5, 0.6) is 5.75 Å². The van der Waals surface area contributed by atoms with Crippen LogP contribution < -0.4 is 15.4 Å². The Morgan fingerprint density at radius 2 is 2.00 bits per heavy atom. The molecule has 3 aromatic rings. The van der Waals surface area contributed by atoms with Crippen molar-refractivity contribution in [3.63, 3.8) is 0 Å². The summed E-state index contributed by atoms with van der Waals surface area (Å²) < 4.78 is 18.9. The second-order valence-corrected chi connectivity index (χ2v) is 6.47. The molecule has 28 heavy (non-hydrogen) atoms. The molecule has 0 unspecified atom stereocenters. The van der Waals surface area contributed by atoms with Gasteiger partial charge in [0.2, 0.25) is 0 Å². The second kappa shape index (κ2) is 9.19. The van der Waals surface area contributed by atoms with Gasteiger partial charge in [-0.3, -0.25) is 9.78 Å². The van der Waals surface area contributed by atoms with Gasteiger partial charge in [0, 0.05) is 24.0 Å². The quantitative estimate of drug-likeness (QED) is 0.599. The number of hydrogen-bond donors (Lipinski definition) is 2. The van der Waals surface area contributed by atoms with Crippen molar-refractivity contribution in [2.24, 2.45) is 0 Å². The van der Waals surface area contributed by atoms with Gasteiger partial charge in [0.25, 0.3) is 5.91 Å². The average molecular weight is 400 g/mol. The number of pyridine rings is 1. The predicted octanol–water partition coefficient (Wildman–Crippen LogP) is 4.79. The van der Waals surface area contributed by atoms with E-state index in [0.29, 0.717) is 46.2 Å². The second-order valence-electron chi connectivity index (χ2n) is 6.03. The molecule has 0 spiro atoms. The fraction of sp³-hybridized carbons (Fsp3) is 0.143. The standard InChI is InChI=1S/C21H19ClFN3O2/c1-28-20-7-6-16(22)11-19(20)26-21(27)15-10-17(13-24-12-15)25-9-8-14-4-2-3-5-18(14)23/h2-7,10-13,25H,8-9H2,1H3,(H,26,27). The van der Waals surface area contributed by atoms with Gasteiger partial charge < -0.3 is 15.4 Å². The predicted molar refractivity (Wildman–Crippen MR) is 109 cm³/mol. The van der Waals surface area contributed by atoms with Crippen LogP contribution in [0.1, 0.15) is 15.9 Å². The summed E-state index contributed by atoms with van der Waals surface area (Å²) in [4.78, 5) is 16.7. The smallest absolute Gasteiger partial charge is 0.257 e. The van der Waals surface area contributed by atoms with Crippen LogP contribution in [0.4, 0.5) is 15.8 Å². The lowest BCUT2D eigenvalue weighted by Gasteiger charge is -2.11. The average Bonchev–Trinajstić information content (AvgIpc) is 2.70. The molecule has 0 fully saturated rings. The summed E-state index contributed by atoms with van der Waals surface area (Å²) in [6.45, 7) is 0.510. The molecule has 3 rings (SSSR count). The number of carbonyl (C=O) groups is 1. The highest BCUT2D eigenvalue weighted by Gasteiger charge is 2.11. The third-order valence-electron chi connectivity index (χ3n) is 4.09. The topological polar surface area (TPSA) is 63.2 Å². The molecule has 0 saturated heterocycles. The van der Waals surface area contributed by atoms with Crippen LogP contribution in [0.3, 0.4) is 0 Å². The summed E-state index contributed by atoms with van der Waals surface area (Å²) >= 11 is 5.99. The van der Waals surface area contributed by atoms with Gasteiger partial charge in [0.1, 0.15) is 11.6 Å². The van der Waals surface area contributed by atoms with Crippen molar-refractivity contribution >= 4 is 28.9 Å². The number of amides is 1. The Kier molecular flexibility index (Phi) is 6.45. The largest absolute Gasteiger partial charge is 0.495 e. The summed E-state index contributed by atoms with van der Waals surface area (Å²) in [6, 6.07) is 13.3. The van der Waals surface area contributed by atoms with E-state index in [-0.39, 0.29) is 11.7 Å². The maximum Gasteiger partial charge on any atom is 0.257 e.